The molecule has 94 valence electrons. The van der Waals surface area contributed by atoms with Gasteiger partial charge in [0.15, 0.2) is 0 Å². The molecular weight excluding hydrogens is 228 g/mol. The number of nitrogen functional groups attached to an aromatic ring is 1. The first-order valence-corrected chi connectivity index (χ1v) is 5.77. The SMILES string of the molecule is CC(C(=O)NCc1cnc[nH]1)c1cccc(N)c1. The van der Waals surface area contributed by atoms with Crippen molar-refractivity contribution in [1.29, 1.82) is 0 Å². The number of carbonyl (C=O) groups is 1. The number of imidazole rings is 1. The van der Waals surface area contributed by atoms with Gasteiger partial charge in [-0.1, -0.05) is 12.1 Å². The lowest BCUT2D eigenvalue weighted by Gasteiger charge is -2.12. The van der Waals surface area contributed by atoms with Crippen LogP contribution >= 0.6 is 0 Å². The van der Waals surface area contributed by atoms with E-state index in [0.717, 1.165) is 11.3 Å². The van der Waals surface area contributed by atoms with E-state index in [4.69, 9.17) is 5.73 Å². The van der Waals surface area contributed by atoms with Gasteiger partial charge in [0.25, 0.3) is 0 Å². The molecule has 2 aromatic rings. The Morgan fingerprint density at radius 1 is 1.56 bits per heavy atom. The van der Waals surface area contributed by atoms with Crippen molar-refractivity contribution in [2.75, 3.05) is 5.73 Å². The fourth-order valence-corrected chi connectivity index (χ4v) is 1.70. The highest BCUT2D eigenvalue weighted by atomic mass is 16.1. The summed E-state index contributed by atoms with van der Waals surface area (Å²) in [7, 11) is 0. The number of hydrogen-bond acceptors (Lipinski definition) is 3. The number of aromatic amines is 1. The van der Waals surface area contributed by atoms with Gasteiger partial charge in [-0.15, -0.1) is 0 Å². The molecule has 2 rings (SSSR count). The van der Waals surface area contributed by atoms with Gasteiger partial charge in [0.2, 0.25) is 5.91 Å². The largest absolute Gasteiger partial charge is 0.399 e. The molecule has 4 N–H and O–H groups in total. The van der Waals surface area contributed by atoms with E-state index in [1.807, 2.05) is 25.1 Å². The van der Waals surface area contributed by atoms with E-state index in [0.29, 0.717) is 12.2 Å². The van der Waals surface area contributed by atoms with Crippen LogP contribution in [0.3, 0.4) is 0 Å². The highest BCUT2D eigenvalue weighted by molar-refractivity contribution is 5.83. The molecule has 0 spiro atoms. The predicted octanol–water partition coefficient (Wildman–Crippen LogP) is 1.41. The number of aromatic nitrogens is 2. The molecule has 0 fully saturated rings. The Morgan fingerprint density at radius 3 is 3.06 bits per heavy atom. The van der Waals surface area contributed by atoms with Crippen molar-refractivity contribution in [1.82, 2.24) is 15.3 Å². The van der Waals surface area contributed by atoms with Crippen LogP contribution in [-0.2, 0) is 11.3 Å². The molecule has 0 aliphatic heterocycles. The highest BCUT2D eigenvalue weighted by Gasteiger charge is 2.14. The Labute approximate surface area is 105 Å². The number of hydrogen-bond donors (Lipinski definition) is 3. The van der Waals surface area contributed by atoms with Crippen molar-refractivity contribution in [3.05, 3.63) is 48.0 Å². The third kappa shape index (κ3) is 2.88. The van der Waals surface area contributed by atoms with Crippen molar-refractivity contribution in [2.24, 2.45) is 0 Å². The van der Waals surface area contributed by atoms with Gasteiger partial charge in [-0.2, -0.15) is 0 Å². The molecule has 18 heavy (non-hydrogen) atoms. The number of H-pyrrole nitrogens is 1. The van der Waals surface area contributed by atoms with Crippen LogP contribution in [0.2, 0.25) is 0 Å². The van der Waals surface area contributed by atoms with Crippen molar-refractivity contribution >= 4 is 11.6 Å². The van der Waals surface area contributed by atoms with Crippen LogP contribution in [0.5, 0.6) is 0 Å². The minimum absolute atomic E-state index is 0.0322. The zero-order valence-electron chi connectivity index (χ0n) is 10.2. The molecule has 1 aromatic carbocycles. The average Bonchev–Trinajstić information content (AvgIpc) is 2.88. The first-order valence-electron chi connectivity index (χ1n) is 5.77. The molecule has 0 aliphatic carbocycles. The number of benzene rings is 1. The van der Waals surface area contributed by atoms with Gasteiger partial charge in [-0.05, 0) is 24.6 Å². The maximum Gasteiger partial charge on any atom is 0.227 e. The van der Waals surface area contributed by atoms with Crippen molar-refractivity contribution in [3.63, 3.8) is 0 Å². The van der Waals surface area contributed by atoms with E-state index in [1.54, 1.807) is 18.6 Å². The maximum atomic E-state index is 12.0. The van der Waals surface area contributed by atoms with E-state index in [2.05, 4.69) is 15.3 Å². The Bertz CT molecular complexity index is 522. The first-order chi connectivity index (χ1) is 8.66. The summed E-state index contributed by atoms with van der Waals surface area (Å²) in [6.45, 7) is 2.31. The number of nitrogens with one attached hydrogen (secondary N) is 2. The number of amides is 1. The molecule has 5 heteroatoms. The molecule has 5 nitrogen and oxygen atoms in total. The van der Waals surface area contributed by atoms with Crippen molar-refractivity contribution in [2.45, 2.75) is 19.4 Å². The number of nitrogens with two attached hydrogens (primary N) is 1. The van der Waals surface area contributed by atoms with Gasteiger partial charge in [-0.25, -0.2) is 4.98 Å². The summed E-state index contributed by atoms with van der Waals surface area (Å²) < 4.78 is 0. The third-order valence-electron chi connectivity index (χ3n) is 2.81. The lowest BCUT2D eigenvalue weighted by atomic mass is 10.00. The summed E-state index contributed by atoms with van der Waals surface area (Å²) in [5.41, 5.74) is 8.16. The van der Waals surface area contributed by atoms with Crippen LogP contribution in [0.4, 0.5) is 5.69 Å². The van der Waals surface area contributed by atoms with Crippen LogP contribution < -0.4 is 11.1 Å². The van der Waals surface area contributed by atoms with E-state index in [1.165, 1.54) is 0 Å². The number of anilines is 1. The summed E-state index contributed by atoms with van der Waals surface area (Å²) in [4.78, 5) is 18.8. The minimum atomic E-state index is -0.226. The second-order valence-electron chi connectivity index (χ2n) is 4.19. The van der Waals surface area contributed by atoms with E-state index in [-0.39, 0.29) is 11.8 Å². The van der Waals surface area contributed by atoms with Gasteiger partial charge in [0.05, 0.1) is 24.5 Å². The Kier molecular flexibility index (Phi) is 3.62. The van der Waals surface area contributed by atoms with Crippen LogP contribution in [0.15, 0.2) is 36.8 Å². The van der Waals surface area contributed by atoms with Gasteiger partial charge in [0.1, 0.15) is 0 Å². The van der Waals surface area contributed by atoms with E-state index >= 15 is 0 Å². The predicted molar refractivity (Wildman–Crippen MR) is 69.7 cm³/mol. The molecule has 0 radical (unpaired) electrons. The van der Waals surface area contributed by atoms with Gasteiger partial charge >= 0.3 is 0 Å². The van der Waals surface area contributed by atoms with Gasteiger partial charge < -0.3 is 16.0 Å². The van der Waals surface area contributed by atoms with Crippen molar-refractivity contribution in [3.8, 4) is 0 Å². The summed E-state index contributed by atoms with van der Waals surface area (Å²) in [6.07, 6.45) is 3.27. The smallest absolute Gasteiger partial charge is 0.227 e. The Balaban J connectivity index is 1.96. The Morgan fingerprint density at radius 2 is 2.39 bits per heavy atom. The average molecular weight is 244 g/mol. The zero-order valence-corrected chi connectivity index (χ0v) is 10.2. The molecule has 0 aliphatic rings. The van der Waals surface area contributed by atoms with Crippen LogP contribution in [0.1, 0.15) is 24.1 Å². The summed E-state index contributed by atoms with van der Waals surface area (Å²) in [5, 5.41) is 2.85. The molecule has 0 bridgehead atoms. The fraction of sp³-hybridized carbons (Fsp3) is 0.231. The van der Waals surface area contributed by atoms with Gasteiger partial charge in [-0.3, -0.25) is 4.79 Å². The third-order valence-corrected chi connectivity index (χ3v) is 2.81. The fourth-order valence-electron chi connectivity index (χ4n) is 1.70. The summed E-state index contributed by atoms with van der Waals surface area (Å²) >= 11 is 0. The van der Waals surface area contributed by atoms with E-state index in [9.17, 15) is 4.79 Å². The van der Waals surface area contributed by atoms with Gasteiger partial charge in [0, 0.05) is 11.9 Å². The molecule has 1 amide bonds. The summed E-state index contributed by atoms with van der Waals surface area (Å²) in [6, 6.07) is 7.37. The number of rotatable bonds is 4. The second kappa shape index (κ2) is 5.35. The Hall–Kier alpha value is -2.30. The first kappa shape index (κ1) is 12.2. The van der Waals surface area contributed by atoms with Crippen LogP contribution in [0, 0.1) is 0 Å². The molecule has 1 atom stereocenters. The van der Waals surface area contributed by atoms with E-state index < -0.39 is 0 Å². The molecule has 1 heterocycles. The molecule has 1 aromatic heterocycles. The lowest BCUT2D eigenvalue weighted by Crippen LogP contribution is -2.27. The molecule has 0 saturated carbocycles. The quantitative estimate of drug-likeness (QED) is 0.711. The standard InChI is InChI=1S/C13H16N4O/c1-9(10-3-2-4-11(14)5-10)13(18)16-7-12-6-15-8-17-12/h2-6,8-9H,7,14H2,1H3,(H,15,17)(H,16,18). The second-order valence-corrected chi connectivity index (χ2v) is 4.19. The number of carbonyl (C=O) groups excluding carboxylic acids is 1. The normalized spacial score (nSPS) is 12.1. The van der Waals surface area contributed by atoms with Crippen LogP contribution in [0.25, 0.3) is 0 Å². The highest BCUT2D eigenvalue weighted by Crippen LogP contribution is 2.17. The topological polar surface area (TPSA) is 83.8 Å². The zero-order chi connectivity index (χ0) is 13.0. The minimum Gasteiger partial charge on any atom is -0.399 e. The number of nitrogens with zero attached hydrogens (tertiary/aromatic N) is 1. The maximum absolute atomic E-state index is 12.0. The molecule has 0 saturated heterocycles. The molecule has 1 unspecified atom stereocenters. The van der Waals surface area contributed by atoms with Crippen LogP contribution in [-0.4, -0.2) is 15.9 Å². The summed E-state index contributed by atoms with van der Waals surface area (Å²) in [5.74, 6) is -0.258. The molecular formula is C13H16N4O. The lowest BCUT2D eigenvalue weighted by molar-refractivity contribution is -0.122. The monoisotopic (exact) mass is 244 g/mol. The van der Waals surface area contributed by atoms with Crippen molar-refractivity contribution < 1.29 is 4.79 Å².